The molecule has 0 aliphatic carbocycles. The van der Waals surface area contributed by atoms with E-state index in [-0.39, 0.29) is 5.91 Å². The predicted molar refractivity (Wildman–Crippen MR) is 83.7 cm³/mol. The van der Waals surface area contributed by atoms with E-state index in [0.29, 0.717) is 11.3 Å². The summed E-state index contributed by atoms with van der Waals surface area (Å²) in [7, 11) is 0. The highest BCUT2D eigenvalue weighted by Gasteiger charge is 2.33. The monoisotopic (exact) mass is 353 g/mol. The molecule has 0 aliphatic heterocycles. The molecule has 2 rings (SSSR count). The van der Waals surface area contributed by atoms with Crippen molar-refractivity contribution in [2.45, 2.75) is 19.6 Å². The van der Waals surface area contributed by atoms with Crippen LogP contribution in [-0.2, 0) is 22.3 Å². The van der Waals surface area contributed by atoms with Crippen LogP contribution in [0.3, 0.4) is 0 Å². The molecular formula is C15H14F3N5O2. The lowest BCUT2D eigenvalue weighted by Gasteiger charge is -2.03. The maximum atomic E-state index is 12.4. The minimum absolute atomic E-state index is 0.194. The maximum absolute atomic E-state index is 12.4. The van der Waals surface area contributed by atoms with Gasteiger partial charge < -0.3 is 5.32 Å². The second kappa shape index (κ2) is 7.60. The largest absolute Gasteiger partial charge is 0.435 e. The number of anilines is 1. The molecule has 0 atom stereocenters. The molecular weight excluding hydrogens is 339 g/mol. The molecule has 0 unspecified atom stereocenters. The van der Waals surface area contributed by atoms with E-state index < -0.39 is 24.3 Å². The quantitative estimate of drug-likeness (QED) is 0.637. The number of amides is 2. The molecule has 7 nitrogen and oxygen atoms in total. The normalized spacial score (nSPS) is 11.5. The zero-order valence-corrected chi connectivity index (χ0v) is 13.0. The average Bonchev–Trinajstić information content (AvgIpc) is 2.97. The average molecular weight is 353 g/mol. The van der Waals surface area contributed by atoms with E-state index in [9.17, 15) is 22.8 Å². The van der Waals surface area contributed by atoms with Crippen LogP contribution in [0.5, 0.6) is 0 Å². The van der Waals surface area contributed by atoms with Crippen molar-refractivity contribution < 1.29 is 22.8 Å². The minimum Gasteiger partial charge on any atom is -0.326 e. The molecule has 0 fully saturated rings. The van der Waals surface area contributed by atoms with Gasteiger partial charge in [-0.3, -0.25) is 14.3 Å². The lowest BCUT2D eigenvalue weighted by Crippen LogP contribution is -2.23. The summed E-state index contributed by atoms with van der Waals surface area (Å²) < 4.78 is 38.1. The van der Waals surface area contributed by atoms with E-state index in [1.807, 2.05) is 0 Å². The summed E-state index contributed by atoms with van der Waals surface area (Å²) in [6.45, 7) is 0.997. The predicted octanol–water partition coefficient (Wildman–Crippen LogP) is 2.01. The van der Waals surface area contributed by atoms with Crippen molar-refractivity contribution >= 4 is 23.7 Å². The summed E-state index contributed by atoms with van der Waals surface area (Å²) >= 11 is 0. The Balaban J connectivity index is 1.86. The van der Waals surface area contributed by atoms with Gasteiger partial charge in [0, 0.05) is 18.8 Å². The molecule has 0 saturated heterocycles. The first-order valence-electron chi connectivity index (χ1n) is 7.04. The molecule has 0 radical (unpaired) electrons. The molecule has 1 aromatic heterocycles. The van der Waals surface area contributed by atoms with Crippen LogP contribution in [0, 0.1) is 0 Å². The fraction of sp³-hybridized carbons (Fsp3) is 0.200. The second-order valence-corrected chi connectivity index (χ2v) is 4.99. The third kappa shape index (κ3) is 5.75. The number of benzene rings is 1. The Labute approximate surface area is 140 Å². The first-order valence-corrected chi connectivity index (χ1v) is 7.04. The molecule has 10 heteroatoms. The summed E-state index contributed by atoms with van der Waals surface area (Å²) in [5.74, 6) is -0.816. The molecule has 0 bridgehead atoms. The Kier molecular flexibility index (Phi) is 5.52. The number of alkyl halides is 3. The molecule has 0 aliphatic rings. The molecule has 0 saturated carbocycles. The van der Waals surface area contributed by atoms with Gasteiger partial charge in [0.25, 0.3) is 5.91 Å². The molecule has 2 N–H and O–H groups in total. The molecule has 2 aromatic rings. The van der Waals surface area contributed by atoms with Gasteiger partial charge in [-0.15, -0.1) is 0 Å². The molecule has 0 spiro atoms. The summed E-state index contributed by atoms with van der Waals surface area (Å²) in [4.78, 5) is 22.5. The summed E-state index contributed by atoms with van der Waals surface area (Å²) in [5.41, 5.74) is 2.40. The highest BCUT2D eigenvalue weighted by molar-refractivity contribution is 5.89. The number of nitrogens with zero attached hydrogens (tertiary/aromatic N) is 3. The van der Waals surface area contributed by atoms with Gasteiger partial charge >= 0.3 is 6.18 Å². The number of hydrazone groups is 1. The van der Waals surface area contributed by atoms with E-state index in [1.165, 1.54) is 13.1 Å². The Morgan fingerprint density at radius 3 is 2.48 bits per heavy atom. The van der Waals surface area contributed by atoms with E-state index >= 15 is 0 Å². The van der Waals surface area contributed by atoms with Crippen LogP contribution in [0.1, 0.15) is 18.2 Å². The zero-order chi connectivity index (χ0) is 18.4. The third-order valence-corrected chi connectivity index (χ3v) is 2.87. The zero-order valence-electron chi connectivity index (χ0n) is 13.0. The minimum atomic E-state index is -4.55. The van der Waals surface area contributed by atoms with Gasteiger partial charge in [-0.25, -0.2) is 5.43 Å². The number of nitrogens with one attached hydrogen (secondary N) is 2. The molecule has 25 heavy (non-hydrogen) atoms. The van der Waals surface area contributed by atoms with Gasteiger partial charge in [0.15, 0.2) is 5.69 Å². The first kappa shape index (κ1) is 18.2. The summed E-state index contributed by atoms with van der Waals surface area (Å²) in [6.07, 6.45) is -2.13. The fourth-order valence-corrected chi connectivity index (χ4v) is 1.82. The van der Waals surface area contributed by atoms with Gasteiger partial charge in [0.1, 0.15) is 6.54 Å². The molecule has 1 aromatic carbocycles. The van der Waals surface area contributed by atoms with Crippen molar-refractivity contribution in [1.82, 2.24) is 15.2 Å². The van der Waals surface area contributed by atoms with Crippen molar-refractivity contribution in [2.24, 2.45) is 5.10 Å². The lowest BCUT2D eigenvalue weighted by atomic mass is 10.2. The summed E-state index contributed by atoms with van der Waals surface area (Å²) in [6, 6.07) is 7.45. The van der Waals surface area contributed by atoms with Gasteiger partial charge in [-0.1, -0.05) is 12.1 Å². The summed E-state index contributed by atoms with van der Waals surface area (Å²) in [5, 5.41) is 9.58. The van der Waals surface area contributed by atoms with Crippen molar-refractivity contribution in [2.75, 3.05) is 5.32 Å². The first-order chi connectivity index (χ1) is 11.7. The van der Waals surface area contributed by atoms with Crippen molar-refractivity contribution in [3.05, 3.63) is 47.8 Å². The van der Waals surface area contributed by atoms with Crippen molar-refractivity contribution in [1.29, 1.82) is 0 Å². The highest BCUT2D eigenvalue weighted by atomic mass is 19.4. The number of aromatic nitrogens is 2. The number of carbonyl (C=O) groups excluding carboxylic acids is 2. The Morgan fingerprint density at radius 1 is 1.24 bits per heavy atom. The third-order valence-electron chi connectivity index (χ3n) is 2.87. The van der Waals surface area contributed by atoms with E-state index in [4.69, 9.17) is 0 Å². The Bertz CT molecular complexity index is 781. The van der Waals surface area contributed by atoms with Crippen molar-refractivity contribution in [3.8, 4) is 0 Å². The number of halogens is 3. The van der Waals surface area contributed by atoms with Crippen molar-refractivity contribution in [3.63, 3.8) is 0 Å². The molecule has 132 valence electrons. The van der Waals surface area contributed by atoms with Crippen LogP contribution in [0.25, 0.3) is 0 Å². The topological polar surface area (TPSA) is 88.4 Å². The van der Waals surface area contributed by atoms with Crippen LogP contribution in [0.15, 0.2) is 41.6 Å². The van der Waals surface area contributed by atoms with Crippen LogP contribution in [-0.4, -0.2) is 27.8 Å². The van der Waals surface area contributed by atoms with Crippen LogP contribution in [0.4, 0.5) is 18.9 Å². The van der Waals surface area contributed by atoms with E-state index in [0.717, 1.165) is 16.9 Å². The van der Waals surface area contributed by atoms with Gasteiger partial charge in [-0.2, -0.15) is 23.4 Å². The fourth-order valence-electron chi connectivity index (χ4n) is 1.82. The number of hydrogen-bond acceptors (Lipinski definition) is 4. The second-order valence-electron chi connectivity index (χ2n) is 4.99. The van der Waals surface area contributed by atoms with Gasteiger partial charge in [0.05, 0.1) is 6.21 Å². The van der Waals surface area contributed by atoms with Crippen LogP contribution in [0.2, 0.25) is 0 Å². The number of hydrogen-bond donors (Lipinski definition) is 2. The lowest BCUT2D eigenvalue weighted by molar-refractivity contribution is -0.141. The van der Waals surface area contributed by atoms with Gasteiger partial charge in [0.2, 0.25) is 5.91 Å². The van der Waals surface area contributed by atoms with Gasteiger partial charge in [-0.05, 0) is 23.8 Å². The van der Waals surface area contributed by atoms with Crippen LogP contribution >= 0.6 is 0 Å². The SMILES string of the molecule is CC(=O)Nc1ccc(C=NNC(=O)Cn2ccc(C(F)(F)F)n2)cc1. The maximum Gasteiger partial charge on any atom is 0.435 e. The Morgan fingerprint density at radius 2 is 1.92 bits per heavy atom. The highest BCUT2D eigenvalue weighted by Crippen LogP contribution is 2.27. The smallest absolute Gasteiger partial charge is 0.326 e. The van der Waals surface area contributed by atoms with E-state index in [1.54, 1.807) is 24.3 Å². The Hall–Kier alpha value is -3.17. The standard InChI is InChI=1S/C15H14F3N5O2/c1-10(24)20-12-4-2-11(3-5-12)8-19-21-14(25)9-23-7-6-13(22-23)15(16,17)18/h2-8H,9H2,1H3,(H,20,24)(H,21,25). The molecule has 2 amide bonds. The number of rotatable bonds is 5. The van der Waals surface area contributed by atoms with E-state index in [2.05, 4.69) is 20.9 Å². The van der Waals surface area contributed by atoms with Crippen LogP contribution < -0.4 is 10.7 Å². The molecule has 1 heterocycles. The number of carbonyl (C=O) groups is 2.